The summed E-state index contributed by atoms with van der Waals surface area (Å²) in [6.45, 7) is 3.83. The molecule has 0 spiro atoms. The van der Waals surface area contributed by atoms with Crippen molar-refractivity contribution in [1.82, 2.24) is 4.90 Å². The van der Waals surface area contributed by atoms with Crippen molar-refractivity contribution in [3.63, 3.8) is 0 Å². The van der Waals surface area contributed by atoms with Crippen LogP contribution in [0.1, 0.15) is 36.5 Å². The molecule has 0 aliphatic carbocycles. The molecule has 1 aliphatic heterocycles. The lowest BCUT2D eigenvalue weighted by molar-refractivity contribution is 0.0889. The van der Waals surface area contributed by atoms with Gasteiger partial charge in [-0.1, -0.05) is 25.5 Å². The number of halogens is 1. The number of unbranched alkanes of at least 4 members (excludes halogenated alkanes) is 1. The van der Waals surface area contributed by atoms with Crippen LogP contribution in [0.15, 0.2) is 51.7 Å². The average Bonchev–Trinajstić information content (AvgIpc) is 2.67. The van der Waals surface area contributed by atoms with E-state index in [1.54, 1.807) is 18.2 Å². The Balaban J connectivity index is 1.67. The zero-order valence-corrected chi connectivity index (χ0v) is 15.3. The van der Waals surface area contributed by atoms with Gasteiger partial charge >= 0.3 is 5.63 Å². The summed E-state index contributed by atoms with van der Waals surface area (Å²) in [5.74, 6) is 0.514. The normalized spacial score (nSPS) is 14.1. The molecule has 0 N–H and O–H groups in total. The van der Waals surface area contributed by atoms with Crippen molar-refractivity contribution < 1.29 is 13.5 Å². The fourth-order valence-corrected chi connectivity index (χ4v) is 3.57. The zero-order chi connectivity index (χ0) is 18.8. The topological polar surface area (TPSA) is 42.7 Å². The van der Waals surface area contributed by atoms with Crippen LogP contribution in [0.25, 0.3) is 11.0 Å². The molecule has 2 aromatic carbocycles. The fourth-order valence-electron chi connectivity index (χ4n) is 3.57. The van der Waals surface area contributed by atoms with Crippen molar-refractivity contribution in [3.8, 4) is 5.75 Å². The van der Waals surface area contributed by atoms with Crippen LogP contribution in [0.5, 0.6) is 5.75 Å². The molecule has 0 bridgehead atoms. The molecular formula is C22H22FNO3. The summed E-state index contributed by atoms with van der Waals surface area (Å²) in [6.07, 6.45) is 2.96. The molecule has 0 amide bonds. The minimum Gasteiger partial charge on any atom is -0.478 e. The van der Waals surface area contributed by atoms with Crippen LogP contribution >= 0.6 is 0 Å². The van der Waals surface area contributed by atoms with Crippen molar-refractivity contribution >= 4 is 11.0 Å². The Morgan fingerprint density at radius 1 is 1.15 bits per heavy atom. The second kappa shape index (κ2) is 7.53. The molecule has 2 heterocycles. The van der Waals surface area contributed by atoms with Crippen LogP contribution in [0.4, 0.5) is 4.39 Å². The van der Waals surface area contributed by atoms with Gasteiger partial charge in [0, 0.05) is 24.5 Å². The molecule has 5 heteroatoms. The van der Waals surface area contributed by atoms with Gasteiger partial charge in [-0.2, -0.15) is 0 Å². The van der Waals surface area contributed by atoms with Crippen LogP contribution in [0.3, 0.4) is 0 Å². The molecule has 0 unspecified atom stereocenters. The lowest BCUT2D eigenvalue weighted by atomic mass is 10.0. The molecule has 4 nitrogen and oxygen atoms in total. The maximum atomic E-state index is 13.1. The smallest absolute Gasteiger partial charge is 0.336 e. The van der Waals surface area contributed by atoms with Gasteiger partial charge in [0.15, 0.2) is 0 Å². The maximum absolute atomic E-state index is 13.1. The molecule has 0 fully saturated rings. The van der Waals surface area contributed by atoms with E-state index < -0.39 is 0 Å². The van der Waals surface area contributed by atoms with Crippen molar-refractivity contribution in [2.45, 2.75) is 39.3 Å². The van der Waals surface area contributed by atoms with Gasteiger partial charge in [0.05, 0.1) is 5.56 Å². The SMILES string of the molecule is CCCCc1cc(=O)oc2c3c(ccc12)OCN(Cc1ccc(F)cc1)C3. The summed E-state index contributed by atoms with van der Waals surface area (Å²) in [5, 5.41) is 0.981. The molecule has 4 rings (SSSR count). The predicted octanol–water partition coefficient (Wildman–Crippen LogP) is 4.63. The van der Waals surface area contributed by atoms with Crippen molar-refractivity contribution in [2.24, 2.45) is 0 Å². The second-order valence-electron chi connectivity index (χ2n) is 7.00. The predicted molar refractivity (Wildman–Crippen MR) is 102 cm³/mol. The van der Waals surface area contributed by atoms with Gasteiger partial charge in [-0.15, -0.1) is 0 Å². The number of aryl methyl sites for hydroxylation is 1. The first-order valence-electron chi connectivity index (χ1n) is 9.32. The Morgan fingerprint density at radius 3 is 2.74 bits per heavy atom. The molecule has 140 valence electrons. The van der Waals surface area contributed by atoms with Gasteiger partial charge in [0.2, 0.25) is 0 Å². The first kappa shape index (κ1) is 17.7. The molecule has 1 aliphatic rings. The molecule has 3 aromatic rings. The molecule has 0 atom stereocenters. The Kier molecular flexibility index (Phi) is 4.94. The monoisotopic (exact) mass is 367 g/mol. The third kappa shape index (κ3) is 3.74. The van der Waals surface area contributed by atoms with E-state index in [0.717, 1.165) is 47.1 Å². The van der Waals surface area contributed by atoms with Crippen LogP contribution < -0.4 is 10.4 Å². The Morgan fingerprint density at radius 2 is 1.96 bits per heavy atom. The highest BCUT2D eigenvalue weighted by Gasteiger charge is 2.22. The average molecular weight is 367 g/mol. The second-order valence-corrected chi connectivity index (χ2v) is 7.00. The number of hydrogen-bond donors (Lipinski definition) is 0. The molecule has 1 aromatic heterocycles. The van der Waals surface area contributed by atoms with Crippen LogP contribution in [0.2, 0.25) is 0 Å². The van der Waals surface area contributed by atoms with E-state index in [1.807, 2.05) is 12.1 Å². The summed E-state index contributed by atoms with van der Waals surface area (Å²) in [5.41, 5.74) is 3.24. The van der Waals surface area contributed by atoms with Gasteiger partial charge in [0.1, 0.15) is 23.9 Å². The molecule has 0 saturated carbocycles. The van der Waals surface area contributed by atoms with E-state index in [9.17, 15) is 9.18 Å². The lowest BCUT2D eigenvalue weighted by Crippen LogP contribution is -2.31. The summed E-state index contributed by atoms with van der Waals surface area (Å²) < 4.78 is 24.6. The Bertz CT molecular complexity index is 1010. The summed E-state index contributed by atoms with van der Waals surface area (Å²) >= 11 is 0. The van der Waals surface area contributed by atoms with Crippen LogP contribution in [-0.4, -0.2) is 11.6 Å². The number of benzene rings is 2. The minimum atomic E-state index is -0.322. The third-order valence-electron chi connectivity index (χ3n) is 4.96. The quantitative estimate of drug-likeness (QED) is 0.617. The molecule has 27 heavy (non-hydrogen) atoms. The summed E-state index contributed by atoms with van der Waals surface area (Å²) in [7, 11) is 0. The molecular weight excluding hydrogens is 345 g/mol. The zero-order valence-electron chi connectivity index (χ0n) is 15.3. The highest BCUT2D eigenvalue weighted by Crippen LogP contribution is 2.33. The van der Waals surface area contributed by atoms with Crippen LogP contribution in [0, 0.1) is 5.82 Å². The third-order valence-corrected chi connectivity index (χ3v) is 4.96. The number of hydrogen-bond acceptors (Lipinski definition) is 4. The van der Waals surface area contributed by atoms with E-state index in [0.29, 0.717) is 25.4 Å². The number of rotatable bonds is 5. The first-order chi connectivity index (χ1) is 13.1. The Hall–Kier alpha value is -2.66. The highest BCUT2D eigenvalue weighted by atomic mass is 19.1. The van der Waals surface area contributed by atoms with Crippen molar-refractivity contribution in [1.29, 1.82) is 0 Å². The largest absolute Gasteiger partial charge is 0.478 e. The molecule has 0 radical (unpaired) electrons. The standard InChI is InChI=1S/C22H22FNO3/c1-2-3-4-16-11-21(25)27-22-18(16)9-10-20-19(22)13-24(14-26-20)12-15-5-7-17(23)8-6-15/h5-11H,2-4,12-14H2,1H3. The number of nitrogens with zero attached hydrogens (tertiary/aromatic N) is 1. The highest BCUT2D eigenvalue weighted by molar-refractivity contribution is 5.85. The van der Waals surface area contributed by atoms with E-state index >= 15 is 0 Å². The minimum absolute atomic E-state index is 0.244. The van der Waals surface area contributed by atoms with Crippen LogP contribution in [-0.2, 0) is 19.5 Å². The van der Waals surface area contributed by atoms with Crippen molar-refractivity contribution in [3.05, 3.63) is 75.4 Å². The lowest BCUT2D eigenvalue weighted by Gasteiger charge is -2.29. The van der Waals surface area contributed by atoms with Crippen molar-refractivity contribution in [2.75, 3.05) is 6.73 Å². The Labute approximate surface area is 157 Å². The van der Waals surface area contributed by atoms with E-state index in [-0.39, 0.29) is 11.4 Å². The fraction of sp³-hybridized carbons (Fsp3) is 0.318. The van der Waals surface area contributed by atoms with Gasteiger partial charge in [0.25, 0.3) is 0 Å². The van der Waals surface area contributed by atoms with Gasteiger partial charge < -0.3 is 9.15 Å². The van der Waals surface area contributed by atoms with Gasteiger partial charge in [-0.05, 0) is 48.2 Å². The van der Waals surface area contributed by atoms with Gasteiger partial charge in [-0.25, -0.2) is 9.18 Å². The summed E-state index contributed by atoms with van der Waals surface area (Å²) in [4.78, 5) is 14.2. The van der Waals surface area contributed by atoms with Gasteiger partial charge in [-0.3, -0.25) is 4.90 Å². The molecule has 0 saturated heterocycles. The van der Waals surface area contributed by atoms with E-state index in [4.69, 9.17) is 9.15 Å². The maximum Gasteiger partial charge on any atom is 0.336 e. The number of ether oxygens (including phenoxy) is 1. The summed E-state index contributed by atoms with van der Waals surface area (Å²) in [6, 6.07) is 12.0. The van der Waals surface area contributed by atoms with E-state index in [2.05, 4.69) is 11.8 Å². The van der Waals surface area contributed by atoms with E-state index in [1.165, 1.54) is 12.1 Å². The number of fused-ring (bicyclic) bond motifs is 3. The first-order valence-corrected chi connectivity index (χ1v) is 9.32.